The van der Waals surface area contributed by atoms with Crippen LogP contribution in [0.1, 0.15) is 6.92 Å². The Morgan fingerprint density at radius 3 is 3.08 bits per heavy atom. The molecule has 0 atom stereocenters. The fourth-order valence-corrected chi connectivity index (χ4v) is 1.10. The number of hydrogen-bond donors (Lipinski definition) is 1. The maximum Gasteiger partial charge on any atom is 0.285 e. The molecule has 0 fully saturated rings. The Labute approximate surface area is 73.0 Å². The van der Waals surface area contributed by atoms with Crippen LogP contribution in [0.3, 0.4) is 0 Å². The summed E-state index contributed by atoms with van der Waals surface area (Å²) in [7, 11) is 0. The van der Waals surface area contributed by atoms with Gasteiger partial charge in [-0.15, -0.1) is 0 Å². The predicted molar refractivity (Wildman–Crippen MR) is 46.2 cm³/mol. The second-order valence-corrected chi connectivity index (χ2v) is 2.66. The first kappa shape index (κ1) is 7.72. The topological polar surface area (TPSA) is 67.5 Å². The van der Waals surface area contributed by atoms with Crippen LogP contribution in [-0.4, -0.2) is 19.7 Å². The molecular weight excluding hydrogens is 170 g/mol. The zero-order chi connectivity index (χ0) is 9.42. The Hall–Kier alpha value is -1.91. The van der Waals surface area contributed by atoms with Crippen molar-refractivity contribution in [3.63, 3.8) is 0 Å². The van der Waals surface area contributed by atoms with Crippen molar-refractivity contribution in [2.45, 2.75) is 6.92 Å². The second-order valence-electron chi connectivity index (χ2n) is 2.66. The van der Waals surface area contributed by atoms with Gasteiger partial charge >= 0.3 is 0 Å². The fraction of sp³-hybridized carbons (Fsp3) is 0.125. The highest BCUT2D eigenvalue weighted by Gasteiger charge is 2.01. The van der Waals surface area contributed by atoms with Crippen molar-refractivity contribution in [3.8, 4) is 0 Å². The second kappa shape index (κ2) is 2.55. The lowest BCUT2D eigenvalue weighted by molar-refractivity contribution is 0.497. The molecule has 66 valence electrons. The van der Waals surface area contributed by atoms with E-state index in [1.807, 2.05) is 0 Å². The van der Waals surface area contributed by atoms with Crippen molar-refractivity contribution >= 4 is 11.4 Å². The molecule has 0 radical (unpaired) electrons. The Morgan fingerprint density at radius 2 is 2.38 bits per heavy atom. The molecule has 0 aliphatic rings. The van der Waals surface area contributed by atoms with Crippen molar-refractivity contribution in [3.05, 3.63) is 34.0 Å². The number of aliphatic hydroxyl groups excluding tert-OH is 1. The van der Waals surface area contributed by atoms with Crippen LogP contribution in [0.4, 0.5) is 0 Å². The Morgan fingerprint density at radius 1 is 1.62 bits per heavy atom. The third kappa shape index (κ3) is 1.05. The van der Waals surface area contributed by atoms with E-state index < -0.39 is 0 Å². The Balaban J connectivity index is 3.07. The maximum atomic E-state index is 11.5. The highest BCUT2D eigenvalue weighted by molar-refractivity contribution is 5.37. The Bertz CT molecular complexity index is 554. The van der Waals surface area contributed by atoms with Gasteiger partial charge in [-0.25, -0.2) is 4.98 Å². The van der Waals surface area contributed by atoms with Crippen molar-refractivity contribution in [1.29, 1.82) is 0 Å². The van der Waals surface area contributed by atoms with Crippen LogP contribution in [0.25, 0.3) is 11.4 Å². The molecule has 0 spiro atoms. The zero-order valence-electron chi connectivity index (χ0n) is 6.93. The molecule has 2 aromatic rings. The van der Waals surface area contributed by atoms with Crippen molar-refractivity contribution in [2.75, 3.05) is 0 Å². The summed E-state index contributed by atoms with van der Waals surface area (Å²) in [5.74, 6) is -0.0464. The Kier molecular flexibility index (Phi) is 1.51. The number of nitrogens with zero attached hydrogens (tertiary/aromatic N) is 3. The van der Waals surface area contributed by atoms with Gasteiger partial charge in [0, 0.05) is 12.3 Å². The summed E-state index contributed by atoms with van der Waals surface area (Å²) in [5.41, 5.74) is 0.130. The van der Waals surface area contributed by atoms with Crippen LogP contribution in [0.5, 0.6) is 0 Å². The van der Waals surface area contributed by atoms with Crippen LogP contribution in [0.15, 0.2) is 23.3 Å². The van der Waals surface area contributed by atoms with Gasteiger partial charge in [0.05, 0.1) is 11.4 Å². The lowest BCUT2D eigenvalue weighted by Crippen LogP contribution is -2.33. The molecule has 13 heavy (non-hydrogen) atoms. The fourth-order valence-electron chi connectivity index (χ4n) is 1.10. The summed E-state index contributed by atoms with van der Waals surface area (Å²) >= 11 is 0. The van der Waals surface area contributed by atoms with Crippen molar-refractivity contribution in [1.82, 2.24) is 14.6 Å². The van der Waals surface area contributed by atoms with Gasteiger partial charge in [-0.2, -0.15) is 9.61 Å². The first-order valence-corrected chi connectivity index (χ1v) is 3.73. The summed E-state index contributed by atoms with van der Waals surface area (Å²) < 4.78 is 1.15. The van der Waals surface area contributed by atoms with E-state index in [1.165, 1.54) is 19.3 Å². The van der Waals surface area contributed by atoms with E-state index in [-0.39, 0.29) is 16.5 Å². The summed E-state index contributed by atoms with van der Waals surface area (Å²) in [6.07, 6.45) is 2.83. The highest BCUT2D eigenvalue weighted by atomic mass is 16.3. The smallest absolute Gasteiger partial charge is 0.285 e. The molecule has 2 aromatic heterocycles. The molecule has 0 amide bonds. The first-order chi connectivity index (χ1) is 6.20. The minimum Gasteiger partial charge on any atom is -0.512 e. The molecule has 5 nitrogen and oxygen atoms in total. The van der Waals surface area contributed by atoms with E-state index >= 15 is 0 Å². The molecule has 0 aliphatic heterocycles. The number of aliphatic hydroxyl groups is 1. The summed E-state index contributed by atoms with van der Waals surface area (Å²) in [6, 6.07) is 1.62. The molecule has 5 heteroatoms. The lowest BCUT2D eigenvalue weighted by atomic mass is 10.4. The SMILES string of the molecule is CC(O)=c1cnc2ccnn2c1=O. The largest absolute Gasteiger partial charge is 0.512 e. The van der Waals surface area contributed by atoms with Gasteiger partial charge in [0.25, 0.3) is 5.56 Å². The van der Waals surface area contributed by atoms with E-state index in [0.29, 0.717) is 5.65 Å². The van der Waals surface area contributed by atoms with E-state index in [1.54, 1.807) is 6.07 Å². The number of hydrogen-bond acceptors (Lipinski definition) is 4. The average Bonchev–Trinajstić information content (AvgIpc) is 2.52. The minimum atomic E-state index is -0.352. The summed E-state index contributed by atoms with van der Waals surface area (Å²) in [4.78, 5) is 15.5. The van der Waals surface area contributed by atoms with Gasteiger partial charge in [0.15, 0.2) is 5.65 Å². The molecule has 1 N–H and O–H groups in total. The predicted octanol–water partition coefficient (Wildman–Crippen LogP) is -0.505. The number of aromatic nitrogens is 3. The summed E-state index contributed by atoms with van der Waals surface area (Å²) in [5, 5.41) is 13.1. The molecule has 2 rings (SSSR count). The van der Waals surface area contributed by atoms with Crippen LogP contribution in [-0.2, 0) is 0 Å². The van der Waals surface area contributed by atoms with Gasteiger partial charge in [-0.3, -0.25) is 4.79 Å². The van der Waals surface area contributed by atoms with Gasteiger partial charge in [-0.1, -0.05) is 0 Å². The quantitative estimate of drug-likeness (QED) is 0.588. The number of fused-ring (bicyclic) bond motifs is 1. The summed E-state index contributed by atoms with van der Waals surface area (Å²) in [6.45, 7) is 1.44. The molecule has 0 bridgehead atoms. The van der Waals surface area contributed by atoms with E-state index in [2.05, 4.69) is 10.1 Å². The molecule has 0 saturated heterocycles. The molecular formula is C8H7N3O2. The zero-order valence-corrected chi connectivity index (χ0v) is 6.93. The lowest BCUT2D eigenvalue weighted by Gasteiger charge is -1.91. The van der Waals surface area contributed by atoms with E-state index in [4.69, 9.17) is 5.11 Å². The molecule has 0 unspecified atom stereocenters. The molecule has 0 saturated carbocycles. The normalized spacial score (nSPS) is 13.3. The van der Waals surface area contributed by atoms with Crippen molar-refractivity contribution in [2.24, 2.45) is 0 Å². The van der Waals surface area contributed by atoms with Crippen LogP contribution in [0, 0.1) is 0 Å². The highest BCUT2D eigenvalue weighted by Crippen LogP contribution is 1.88. The molecule has 2 heterocycles. The van der Waals surface area contributed by atoms with E-state index in [9.17, 15) is 4.79 Å². The van der Waals surface area contributed by atoms with Gasteiger partial charge < -0.3 is 5.11 Å². The standard InChI is InChI=1S/C8H7N3O2/c1-5(12)6-4-9-7-2-3-10-11(7)8(6)13/h2-4,12H,1H3. The van der Waals surface area contributed by atoms with Crippen LogP contribution in [0.2, 0.25) is 0 Å². The number of rotatable bonds is 0. The maximum absolute atomic E-state index is 11.5. The van der Waals surface area contributed by atoms with Crippen molar-refractivity contribution < 1.29 is 5.11 Å². The van der Waals surface area contributed by atoms with Gasteiger partial charge in [-0.05, 0) is 6.92 Å². The van der Waals surface area contributed by atoms with Gasteiger partial charge in [0.1, 0.15) is 5.76 Å². The third-order valence-electron chi connectivity index (χ3n) is 1.76. The monoisotopic (exact) mass is 177 g/mol. The van der Waals surface area contributed by atoms with Crippen LogP contribution < -0.4 is 10.8 Å². The minimum absolute atomic E-state index is 0.0464. The average molecular weight is 177 g/mol. The molecule has 0 aliphatic carbocycles. The third-order valence-corrected chi connectivity index (χ3v) is 1.76. The molecule has 0 aromatic carbocycles. The van der Waals surface area contributed by atoms with Crippen LogP contribution >= 0.6 is 0 Å². The van der Waals surface area contributed by atoms with Gasteiger partial charge in [0.2, 0.25) is 0 Å². The van der Waals surface area contributed by atoms with E-state index in [0.717, 1.165) is 4.52 Å². The first-order valence-electron chi connectivity index (χ1n) is 3.73.